The molecule has 7 heteroatoms. The SMILES string of the molecule is CN=C(NCc1ccccc1-n1ccnc1)N(C)Cc1csc(C)n1. The molecule has 2 heterocycles. The fourth-order valence-corrected chi connectivity index (χ4v) is 3.28. The van der Waals surface area contributed by atoms with Gasteiger partial charge in [0.25, 0.3) is 0 Å². The monoisotopic (exact) mass is 354 g/mol. The second kappa shape index (κ2) is 7.94. The number of thiazole rings is 1. The van der Waals surface area contributed by atoms with E-state index in [1.807, 2.05) is 43.2 Å². The first-order valence-corrected chi connectivity index (χ1v) is 8.94. The molecule has 0 unspecified atom stereocenters. The van der Waals surface area contributed by atoms with E-state index in [4.69, 9.17) is 0 Å². The number of benzene rings is 1. The van der Waals surface area contributed by atoms with Crippen LogP contribution in [0.3, 0.4) is 0 Å². The van der Waals surface area contributed by atoms with Crippen LogP contribution in [-0.4, -0.2) is 39.5 Å². The normalized spacial score (nSPS) is 11.6. The number of hydrogen-bond acceptors (Lipinski definition) is 4. The van der Waals surface area contributed by atoms with Gasteiger partial charge >= 0.3 is 0 Å². The first kappa shape index (κ1) is 17.2. The first-order chi connectivity index (χ1) is 12.2. The van der Waals surface area contributed by atoms with Crippen LogP contribution in [0.15, 0.2) is 53.4 Å². The molecular formula is C18H22N6S. The van der Waals surface area contributed by atoms with Gasteiger partial charge in [0, 0.05) is 38.4 Å². The van der Waals surface area contributed by atoms with Crippen LogP contribution in [-0.2, 0) is 13.1 Å². The molecule has 6 nitrogen and oxygen atoms in total. The third kappa shape index (κ3) is 4.24. The Morgan fingerprint density at radius 2 is 2.20 bits per heavy atom. The second-order valence-electron chi connectivity index (χ2n) is 5.71. The van der Waals surface area contributed by atoms with Crippen LogP contribution in [0.2, 0.25) is 0 Å². The maximum Gasteiger partial charge on any atom is 0.194 e. The minimum absolute atomic E-state index is 0.682. The van der Waals surface area contributed by atoms with Crippen molar-refractivity contribution < 1.29 is 0 Å². The van der Waals surface area contributed by atoms with Crippen molar-refractivity contribution in [2.75, 3.05) is 14.1 Å². The van der Waals surface area contributed by atoms with Crippen molar-refractivity contribution in [1.82, 2.24) is 24.8 Å². The summed E-state index contributed by atoms with van der Waals surface area (Å²) in [7, 11) is 3.82. The lowest BCUT2D eigenvalue weighted by Gasteiger charge is -2.22. The van der Waals surface area contributed by atoms with E-state index in [0.717, 1.165) is 28.9 Å². The van der Waals surface area contributed by atoms with Crippen LogP contribution in [0.1, 0.15) is 16.3 Å². The molecule has 0 saturated heterocycles. The zero-order valence-electron chi connectivity index (χ0n) is 14.7. The molecule has 0 atom stereocenters. The molecule has 0 aliphatic heterocycles. The molecule has 0 fully saturated rings. The van der Waals surface area contributed by atoms with E-state index in [-0.39, 0.29) is 0 Å². The Hall–Kier alpha value is -2.67. The molecule has 2 aromatic heterocycles. The van der Waals surface area contributed by atoms with Crippen LogP contribution in [0, 0.1) is 6.92 Å². The van der Waals surface area contributed by atoms with Crippen LogP contribution in [0.25, 0.3) is 5.69 Å². The molecule has 0 amide bonds. The minimum Gasteiger partial charge on any atom is -0.352 e. The van der Waals surface area contributed by atoms with E-state index >= 15 is 0 Å². The molecule has 1 N–H and O–H groups in total. The standard InChI is InChI=1S/C18H22N6S/c1-14-22-16(12-25-14)11-23(3)18(19-2)21-10-15-6-4-5-7-17(15)24-9-8-20-13-24/h4-9,12-13H,10-11H2,1-3H3,(H,19,21). The maximum atomic E-state index is 4.52. The van der Waals surface area contributed by atoms with Gasteiger partial charge in [-0.2, -0.15) is 0 Å². The van der Waals surface area contributed by atoms with Gasteiger partial charge in [-0.1, -0.05) is 18.2 Å². The third-order valence-corrected chi connectivity index (χ3v) is 4.67. The fraction of sp³-hybridized carbons (Fsp3) is 0.278. The number of nitrogens with one attached hydrogen (secondary N) is 1. The van der Waals surface area contributed by atoms with Crippen molar-refractivity contribution in [3.05, 3.63) is 64.6 Å². The quantitative estimate of drug-likeness (QED) is 0.565. The van der Waals surface area contributed by atoms with Crippen molar-refractivity contribution in [2.45, 2.75) is 20.0 Å². The number of nitrogens with zero attached hydrogens (tertiary/aromatic N) is 5. The van der Waals surface area contributed by atoms with Gasteiger partial charge in [0.05, 0.1) is 29.3 Å². The number of hydrogen-bond donors (Lipinski definition) is 1. The number of para-hydroxylation sites is 1. The van der Waals surface area contributed by atoms with Gasteiger partial charge in [0.1, 0.15) is 0 Å². The van der Waals surface area contributed by atoms with Crippen LogP contribution < -0.4 is 5.32 Å². The summed E-state index contributed by atoms with van der Waals surface area (Å²) in [5, 5.41) is 6.61. The summed E-state index contributed by atoms with van der Waals surface area (Å²) < 4.78 is 2.02. The largest absolute Gasteiger partial charge is 0.352 e. The Balaban J connectivity index is 1.68. The summed E-state index contributed by atoms with van der Waals surface area (Å²) in [5.41, 5.74) is 3.35. The summed E-state index contributed by atoms with van der Waals surface area (Å²) in [6.07, 6.45) is 5.54. The zero-order valence-corrected chi connectivity index (χ0v) is 15.5. The predicted octanol–water partition coefficient (Wildman–Crippen LogP) is 2.84. The molecule has 130 valence electrons. The van der Waals surface area contributed by atoms with Gasteiger partial charge in [-0.05, 0) is 18.6 Å². The van der Waals surface area contributed by atoms with Gasteiger partial charge in [-0.3, -0.25) is 4.99 Å². The average Bonchev–Trinajstić information content (AvgIpc) is 3.28. The summed E-state index contributed by atoms with van der Waals surface area (Å²) in [4.78, 5) is 15.1. The highest BCUT2D eigenvalue weighted by molar-refractivity contribution is 7.09. The molecule has 25 heavy (non-hydrogen) atoms. The number of imidazole rings is 1. The smallest absolute Gasteiger partial charge is 0.194 e. The Bertz CT molecular complexity index is 837. The lowest BCUT2D eigenvalue weighted by Crippen LogP contribution is -2.38. The molecule has 0 spiro atoms. The highest BCUT2D eigenvalue weighted by Crippen LogP contribution is 2.14. The first-order valence-electron chi connectivity index (χ1n) is 8.06. The Morgan fingerprint density at radius 3 is 2.88 bits per heavy atom. The van der Waals surface area contributed by atoms with E-state index in [2.05, 4.69) is 42.7 Å². The van der Waals surface area contributed by atoms with Gasteiger partial charge in [0.2, 0.25) is 0 Å². The van der Waals surface area contributed by atoms with Crippen molar-refractivity contribution in [2.24, 2.45) is 4.99 Å². The Labute approximate surface area is 151 Å². The Morgan fingerprint density at radius 1 is 1.36 bits per heavy atom. The van der Waals surface area contributed by atoms with Crippen LogP contribution in [0.4, 0.5) is 0 Å². The van der Waals surface area contributed by atoms with Gasteiger partial charge in [-0.15, -0.1) is 11.3 Å². The molecule has 0 aliphatic rings. The van der Waals surface area contributed by atoms with Crippen LogP contribution >= 0.6 is 11.3 Å². The number of rotatable bonds is 5. The lowest BCUT2D eigenvalue weighted by molar-refractivity contribution is 0.470. The number of aryl methyl sites for hydroxylation is 1. The number of aliphatic imine (C=N–C) groups is 1. The van der Waals surface area contributed by atoms with Crippen molar-refractivity contribution >= 4 is 17.3 Å². The highest BCUT2D eigenvalue weighted by atomic mass is 32.1. The maximum absolute atomic E-state index is 4.52. The lowest BCUT2D eigenvalue weighted by atomic mass is 10.1. The molecule has 0 bridgehead atoms. The number of aromatic nitrogens is 3. The van der Waals surface area contributed by atoms with Gasteiger partial charge < -0.3 is 14.8 Å². The third-order valence-electron chi connectivity index (χ3n) is 3.85. The highest BCUT2D eigenvalue weighted by Gasteiger charge is 2.10. The van der Waals surface area contributed by atoms with Crippen molar-refractivity contribution in [3.8, 4) is 5.69 Å². The summed E-state index contributed by atoms with van der Waals surface area (Å²) in [6.45, 7) is 3.43. The average molecular weight is 354 g/mol. The van der Waals surface area contributed by atoms with Gasteiger partial charge in [0.15, 0.2) is 5.96 Å². The van der Waals surface area contributed by atoms with Gasteiger partial charge in [-0.25, -0.2) is 9.97 Å². The van der Waals surface area contributed by atoms with Crippen molar-refractivity contribution in [1.29, 1.82) is 0 Å². The second-order valence-corrected chi connectivity index (χ2v) is 6.78. The molecular weight excluding hydrogens is 332 g/mol. The molecule has 3 aromatic rings. The summed E-state index contributed by atoms with van der Waals surface area (Å²) in [5.74, 6) is 0.839. The molecule has 0 aliphatic carbocycles. The Kier molecular flexibility index (Phi) is 5.45. The van der Waals surface area contributed by atoms with E-state index < -0.39 is 0 Å². The van der Waals surface area contributed by atoms with E-state index in [1.54, 1.807) is 24.6 Å². The molecule has 3 rings (SSSR count). The van der Waals surface area contributed by atoms with E-state index in [9.17, 15) is 0 Å². The summed E-state index contributed by atoms with van der Waals surface area (Å²) >= 11 is 1.67. The van der Waals surface area contributed by atoms with Crippen molar-refractivity contribution in [3.63, 3.8) is 0 Å². The van der Waals surface area contributed by atoms with Crippen LogP contribution in [0.5, 0.6) is 0 Å². The topological polar surface area (TPSA) is 58.3 Å². The molecule has 1 aromatic carbocycles. The predicted molar refractivity (Wildman–Crippen MR) is 102 cm³/mol. The summed E-state index contributed by atoms with van der Waals surface area (Å²) in [6, 6.07) is 8.27. The minimum atomic E-state index is 0.682. The zero-order chi connectivity index (χ0) is 17.6. The van der Waals surface area contributed by atoms with E-state index in [0.29, 0.717) is 6.54 Å². The fourth-order valence-electron chi connectivity index (χ4n) is 2.67. The number of guanidine groups is 1. The van der Waals surface area contributed by atoms with E-state index in [1.165, 1.54) is 5.56 Å². The molecule has 0 radical (unpaired) electrons. The molecule has 0 saturated carbocycles.